The highest BCUT2D eigenvalue weighted by molar-refractivity contribution is 5.85. The third-order valence-electron chi connectivity index (χ3n) is 2.64. The second kappa shape index (κ2) is 4.21. The normalized spacial score (nSPS) is 12.1. The summed E-state index contributed by atoms with van der Waals surface area (Å²) in [6, 6.07) is 15.8. The number of rotatable bonds is 2. The van der Waals surface area contributed by atoms with E-state index in [0.29, 0.717) is 0 Å². The predicted octanol–water partition coefficient (Wildman–Crippen LogP) is 2.43. The molecule has 0 heterocycles. The molecule has 3 nitrogen and oxygen atoms in total. The van der Waals surface area contributed by atoms with Crippen molar-refractivity contribution in [3.63, 3.8) is 0 Å². The minimum Gasteiger partial charge on any atom is -0.294 e. The average molecular weight is 211 g/mol. The molecule has 0 aliphatic rings. The Morgan fingerprint density at radius 2 is 1.88 bits per heavy atom. The number of fused-ring (bicyclic) bond motifs is 1. The second-order valence-electron chi connectivity index (χ2n) is 3.74. The lowest BCUT2D eigenvalue weighted by molar-refractivity contribution is 0.782. The topological polar surface area (TPSA) is 53.0 Å². The molecule has 0 fully saturated rings. The van der Waals surface area contributed by atoms with Gasteiger partial charge in [0, 0.05) is 0 Å². The van der Waals surface area contributed by atoms with Gasteiger partial charge in [0.2, 0.25) is 0 Å². The molecule has 0 amide bonds. The number of hydrogen-bond donors (Lipinski definition) is 1. The van der Waals surface area contributed by atoms with Crippen LogP contribution < -0.4 is 10.9 Å². The Balaban J connectivity index is 2.44. The fourth-order valence-corrected chi connectivity index (χ4v) is 1.62. The van der Waals surface area contributed by atoms with Gasteiger partial charge in [-0.1, -0.05) is 30.3 Å². The largest absolute Gasteiger partial charge is 0.294 e. The molecule has 16 heavy (non-hydrogen) atoms. The van der Waals surface area contributed by atoms with Crippen molar-refractivity contribution < 1.29 is 0 Å². The van der Waals surface area contributed by atoms with Gasteiger partial charge >= 0.3 is 0 Å². The molecule has 0 saturated carbocycles. The summed E-state index contributed by atoms with van der Waals surface area (Å²) in [4.78, 5) is 0. The van der Waals surface area contributed by atoms with Crippen LogP contribution in [-0.2, 0) is 0 Å². The predicted molar refractivity (Wildman–Crippen MR) is 65.7 cm³/mol. The standard InChI is InChI=1S/C13H13N3/c1-10(9-14)16(15)13-7-6-11-4-2-3-5-12(11)8-13/h2-8,10H,15H2,1H3. The van der Waals surface area contributed by atoms with E-state index in [2.05, 4.69) is 6.07 Å². The molecule has 2 N–H and O–H groups in total. The SMILES string of the molecule is CC(C#N)N(N)c1ccc2ccccc2c1. The lowest BCUT2D eigenvalue weighted by Gasteiger charge is -2.21. The first kappa shape index (κ1) is 10.5. The zero-order chi connectivity index (χ0) is 11.5. The van der Waals surface area contributed by atoms with Gasteiger partial charge in [-0.25, -0.2) is 5.84 Å². The monoisotopic (exact) mass is 211 g/mol. The molecule has 2 aromatic rings. The third kappa shape index (κ3) is 1.83. The summed E-state index contributed by atoms with van der Waals surface area (Å²) in [5.74, 6) is 5.85. The summed E-state index contributed by atoms with van der Waals surface area (Å²) >= 11 is 0. The Labute approximate surface area is 94.7 Å². The van der Waals surface area contributed by atoms with E-state index < -0.39 is 0 Å². The van der Waals surface area contributed by atoms with Crippen molar-refractivity contribution in [3.8, 4) is 6.07 Å². The number of nitrogens with two attached hydrogens (primary N) is 1. The smallest absolute Gasteiger partial charge is 0.129 e. The maximum atomic E-state index is 8.81. The van der Waals surface area contributed by atoms with Crippen molar-refractivity contribution in [2.45, 2.75) is 13.0 Å². The Morgan fingerprint density at radius 3 is 2.56 bits per heavy atom. The molecule has 2 rings (SSSR count). The number of nitrogens with zero attached hydrogens (tertiary/aromatic N) is 2. The van der Waals surface area contributed by atoms with E-state index in [1.165, 1.54) is 10.4 Å². The fourth-order valence-electron chi connectivity index (χ4n) is 1.62. The maximum absolute atomic E-state index is 8.81. The minimum atomic E-state index is -0.332. The summed E-state index contributed by atoms with van der Waals surface area (Å²) in [5, 5.41) is 12.6. The lowest BCUT2D eigenvalue weighted by Crippen LogP contribution is -2.38. The molecule has 0 bridgehead atoms. The molecule has 1 atom stereocenters. The first-order valence-electron chi connectivity index (χ1n) is 5.15. The summed E-state index contributed by atoms with van der Waals surface area (Å²) in [5.41, 5.74) is 0.854. The lowest BCUT2D eigenvalue weighted by atomic mass is 10.1. The molecule has 0 aliphatic heterocycles. The van der Waals surface area contributed by atoms with Crippen LogP contribution in [0.15, 0.2) is 42.5 Å². The van der Waals surface area contributed by atoms with Crippen LogP contribution in [-0.4, -0.2) is 6.04 Å². The van der Waals surface area contributed by atoms with Gasteiger partial charge < -0.3 is 0 Å². The van der Waals surface area contributed by atoms with Crippen LogP contribution in [0.25, 0.3) is 10.8 Å². The van der Waals surface area contributed by atoms with E-state index in [1.807, 2.05) is 42.5 Å². The molecular weight excluding hydrogens is 198 g/mol. The molecule has 3 heteroatoms. The minimum absolute atomic E-state index is 0.332. The number of nitriles is 1. The van der Waals surface area contributed by atoms with Crippen molar-refractivity contribution in [1.82, 2.24) is 0 Å². The van der Waals surface area contributed by atoms with Gasteiger partial charge in [0.25, 0.3) is 0 Å². The first-order chi connectivity index (χ1) is 7.72. The summed E-state index contributed by atoms with van der Waals surface area (Å²) in [7, 11) is 0. The molecule has 2 aromatic carbocycles. The molecule has 80 valence electrons. The fraction of sp³-hybridized carbons (Fsp3) is 0.154. The molecule has 0 saturated heterocycles. The number of hydrogen-bond acceptors (Lipinski definition) is 3. The highest BCUT2D eigenvalue weighted by Crippen LogP contribution is 2.21. The number of benzene rings is 2. The first-order valence-corrected chi connectivity index (χ1v) is 5.15. The van der Waals surface area contributed by atoms with Gasteiger partial charge in [-0.2, -0.15) is 5.26 Å². The molecule has 0 spiro atoms. The van der Waals surface area contributed by atoms with E-state index in [-0.39, 0.29) is 6.04 Å². The molecule has 0 aromatic heterocycles. The molecule has 0 aliphatic carbocycles. The zero-order valence-corrected chi connectivity index (χ0v) is 9.09. The van der Waals surface area contributed by atoms with Gasteiger partial charge in [0.05, 0.1) is 11.8 Å². The van der Waals surface area contributed by atoms with Crippen molar-refractivity contribution in [2.75, 3.05) is 5.01 Å². The summed E-state index contributed by atoms with van der Waals surface area (Å²) in [6.07, 6.45) is 0. The van der Waals surface area contributed by atoms with Gasteiger partial charge in [-0.05, 0) is 29.8 Å². The Kier molecular flexibility index (Phi) is 2.76. The van der Waals surface area contributed by atoms with Crippen LogP contribution in [0.5, 0.6) is 0 Å². The highest BCUT2D eigenvalue weighted by atomic mass is 15.4. The van der Waals surface area contributed by atoms with E-state index in [0.717, 1.165) is 11.1 Å². The average Bonchev–Trinajstić information content (AvgIpc) is 2.36. The Hall–Kier alpha value is -2.05. The highest BCUT2D eigenvalue weighted by Gasteiger charge is 2.09. The molecule has 1 unspecified atom stereocenters. The van der Waals surface area contributed by atoms with E-state index in [9.17, 15) is 0 Å². The zero-order valence-electron chi connectivity index (χ0n) is 9.09. The van der Waals surface area contributed by atoms with Crippen LogP contribution in [0.1, 0.15) is 6.92 Å². The molecular formula is C13H13N3. The van der Waals surface area contributed by atoms with Gasteiger partial charge in [0.1, 0.15) is 6.04 Å². The van der Waals surface area contributed by atoms with Crippen LogP contribution in [0.4, 0.5) is 5.69 Å². The van der Waals surface area contributed by atoms with Gasteiger partial charge in [-0.15, -0.1) is 0 Å². The molecule has 0 radical (unpaired) electrons. The van der Waals surface area contributed by atoms with Crippen LogP contribution in [0, 0.1) is 11.3 Å². The quantitative estimate of drug-likeness (QED) is 0.613. The van der Waals surface area contributed by atoms with Crippen molar-refractivity contribution in [3.05, 3.63) is 42.5 Å². The van der Waals surface area contributed by atoms with Crippen molar-refractivity contribution >= 4 is 16.5 Å². The Bertz CT molecular complexity index is 542. The van der Waals surface area contributed by atoms with Crippen molar-refractivity contribution in [2.24, 2.45) is 5.84 Å². The third-order valence-corrected chi connectivity index (χ3v) is 2.64. The van der Waals surface area contributed by atoms with Crippen LogP contribution >= 0.6 is 0 Å². The number of hydrazine groups is 1. The number of anilines is 1. The van der Waals surface area contributed by atoms with E-state index >= 15 is 0 Å². The van der Waals surface area contributed by atoms with Crippen LogP contribution in [0.3, 0.4) is 0 Å². The second-order valence-corrected chi connectivity index (χ2v) is 3.74. The van der Waals surface area contributed by atoms with Crippen LogP contribution in [0.2, 0.25) is 0 Å². The summed E-state index contributed by atoms with van der Waals surface area (Å²) in [6.45, 7) is 1.77. The van der Waals surface area contributed by atoms with Gasteiger partial charge in [0.15, 0.2) is 0 Å². The Morgan fingerprint density at radius 1 is 1.19 bits per heavy atom. The van der Waals surface area contributed by atoms with E-state index in [4.69, 9.17) is 11.1 Å². The van der Waals surface area contributed by atoms with E-state index in [1.54, 1.807) is 6.92 Å². The van der Waals surface area contributed by atoms with Gasteiger partial charge in [-0.3, -0.25) is 5.01 Å². The maximum Gasteiger partial charge on any atom is 0.129 e. The van der Waals surface area contributed by atoms with Crippen molar-refractivity contribution in [1.29, 1.82) is 5.26 Å². The summed E-state index contributed by atoms with van der Waals surface area (Å²) < 4.78 is 0.